The van der Waals surface area contributed by atoms with E-state index in [-0.39, 0.29) is 0 Å². The Kier molecular flexibility index (Phi) is 10.3. The van der Waals surface area contributed by atoms with Gasteiger partial charge in [0.05, 0.1) is 0 Å². The van der Waals surface area contributed by atoms with Crippen molar-refractivity contribution in [2.45, 2.75) is 26.7 Å². The molecule has 0 radical (unpaired) electrons. The third-order valence-electron chi connectivity index (χ3n) is 3.16. The van der Waals surface area contributed by atoms with Gasteiger partial charge < -0.3 is 24.3 Å². The molecule has 1 aromatic rings. The summed E-state index contributed by atoms with van der Waals surface area (Å²) in [7, 11) is -2.79. The standard InChI is InChI=1S/C16H30N2O3Si/c1-3-19-22(20-4-2,16-10-6-5-7-11-16)21-15-9-8-13-18-14-12-17/h5-7,10-11,18H,3-4,8-9,12-15,17H2,1-2H3. The molecule has 5 nitrogen and oxygen atoms in total. The van der Waals surface area contributed by atoms with E-state index >= 15 is 0 Å². The van der Waals surface area contributed by atoms with Crippen LogP contribution in [0, 0.1) is 0 Å². The first-order valence-corrected chi connectivity index (χ1v) is 9.89. The van der Waals surface area contributed by atoms with Crippen molar-refractivity contribution in [3.8, 4) is 0 Å². The molecule has 3 N–H and O–H groups in total. The summed E-state index contributed by atoms with van der Waals surface area (Å²) in [6.07, 6.45) is 2.02. The molecule has 1 aromatic carbocycles. The van der Waals surface area contributed by atoms with Gasteiger partial charge in [0.15, 0.2) is 0 Å². The fraction of sp³-hybridized carbons (Fsp3) is 0.625. The zero-order chi connectivity index (χ0) is 16.1. The number of unbranched alkanes of at least 4 members (excludes halogenated alkanes) is 1. The molecule has 1 rings (SSSR count). The molecule has 0 unspecified atom stereocenters. The second-order valence-electron chi connectivity index (χ2n) is 4.88. The molecule has 0 aliphatic rings. The van der Waals surface area contributed by atoms with Crippen LogP contribution in [0.25, 0.3) is 0 Å². The molecule has 0 spiro atoms. The highest BCUT2D eigenvalue weighted by Gasteiger charge is 2.43. The third kappa shape index (κ3) is 6.56. The Labute approximate surface area is 135 Å². The maximum Gasteiger partial charge on any atom is 0.537 e. The molecule has 0 aliphatic heterocycles. The van der Waals surface area contributed by atoms with Crippen molar-refractivity contribution in [2.24, 2.45) is 5.73 Å². The van der Waals surface area contributed by atoms with E-state index in [1.807, 2.05) is 44.2 Å². The van der Waals surface area contributed by atoms with Crippen LogP contribution in [0.2, 0.25) is 0 Å². The summed E-state index contributed by atoms with van der Waals surface area (Å²) in [6, 6.07) is 10.0. The number of rotatable bonds is 13. The predicted octanol–water partition coefficient (Wildman–Crippen LogP) is 1.25. The number of hydrogen-bond donors (Lipinski definition) is 2. The normalized spacial score (nSPS) is 11.8. The maximum atomic E-state index is 6.15. The average Bonchev–Trinajstić information content (AvgIpc) is 2.55. The minimum Gasteiger partial charge on any atom is -0.370 e. The topological polar surface area (TPSA) is 65.7 Å². The minimum atomic E-state index is -2.79. The largest absolute Gasteiger partial charge is 0.537 e. The van der Waals surface area contributed by atoms with E-state index in [2.05, 4.69) is 5.32 Å². The van der Waals surface area contributed by atoms with Gasteiger partial charge in [-0.05, 0) is 33.2 Å². The lowest BCUT2D eigenvalue weighted by Gasteiger charge is -2.29. The Morgan fingerprint density at radius 1 is 0.955 bits per heavy atom. The second kappa shape index (κ2) is 11.8. The zero-order valence-corrected chi connectivity index (χ0v) is 14.8. The predicted molar refractivity (Wildman–Crippen MR) is 92.2 cm³/mol. The summed E-state index contributed by atoms with van der Waals surface area (Å²) in [5.74, 6) is 0. The summed E-state index contributed by atoms with van der Waals surface area (Å²) in [5.41, 5.74) is 5.44. The van der Waals surface area contributed by atoms with Gasteiger partial charge in [-0.25, -0.2) is 0 Å². The summed E-state index contributed by atoms with van der Waals surface area (Å²) in [4.78, 5) is 0. The van der Waals surface area contributed by atoms with E-state index in [4.69, 9.17) is 19.0 Å². The Bertz CT molecular complexity index is 373. The number of hydrogen-bond acceptors (Lipinski definition) is 5. The molecule has 0 saturated carbocycles. The van der Waals surface area contributed by atoms with Crippen LogP contribution >= 0.6 is 0 Å². The van der Waals surface area contributed by atoms with Crippen LogP contribution in [0.5, 0.6) is 0 Å². The van der Waals surface area contributed by atoms with Gasteiger partial charge in [-0.3, -0.25) is 0 Å². The van der Waals surface area contributed by atoms with Gasteiger partial charge in [0.25, 0.3) is 0 Å². The molecular weight excluding hydrogens is 296 g/mol. The van der Waals surface area contributed by atoms with Crippen molar-refractivity contribution >= 4 is 14.0 Å². The summed E-state index contributed by atoms with van der Waals surface area (Å²) < 4.78 is 18.1. The Morgan fingerprint density at radius 3 is 2.23 bits per heavy atom. The molecule has 0 heterocycles. The van der Waals surface area contributed by atoms with Crippen molar-refractivity contribution in [1.29, 1.82) is 0 Å². The molecular formula is C16H30N2O3Si. The highest BCUT2D eigenvalue weighted by Crippen LogP contribution is 2.11. The SMILES string of the molecule is CCO[Si](OCC)(OCCCCNCCN)c1ccccc1. The fourth-order valence-corrected chi connectivity index (χ4v) is 4.71. The van der Waals surface area contributed by atoms with Crippen LogP contribution in [-0.2, 0) is 13.3 Å². The van der Waals surface area contributed by atoms with Crippen LogP contribution < -0.4 is 16.2 Å². The zero-order valence-electron chi connectivity index (χ0n) is 13.8. The summed E-state index contributed by atoms with van der Waals surface area (Å²) >= 11 is 0. The first kappa shape index (κ1) is 19.3. The molecule has 6 heteroatoms. The molecule has 0 amide bonds. The van der Waals surface area contributed by atoms with Gasteiger partial charge in [-0.2, -0.15) is 0 Å². The number of nitrogens with two attached hydrogens (primary N) is 1. The molecule has 0 atom stereocenters. The highest BCUT2D eigenvalue weighted by molar-refractivity contribution is 6.75. The van der Waals surface area contributed by atoms with Gasteiger partial charge in [-0.15, -0.1) is 0 Å². The van der Waals surface area contributed by atoms with E-state index in [0.717, 1.165) is 31.1 Å². The lowest BCUT2D eigenvalue weighted by Crippen LogP contribution is -2.57. The van der Waals surface area contributed by atoms with E-state index < -0.39 is 8.80 Å². The lowest BCUT2D eigenvalue weighted by atomic mass is 10.3. The summed E-state index contributed by atoms with van der Waals surface area (Å²) in [5, 5.41) is 4.31. The Balaban J connectivity index is 2.55. The smallest absolute Gasteiger partial charge is 0.370 e. The third-order valence-corrected chi connectivity index (χ3v) is 6.12. The quantitative estimate of drug-likeness (QED) is 0.422. The van der Waals surface area contributed by atoms with Crippen molar-refractivity contribution in [3.05, 3.63) is 30.3 Å². The van der Waals surface area contributed by atoms with Crippen LogP contribution in [0.3, 0.4) is 0 Å². The van der Waals surface area contributed by atoms with Crippen molar-refractivity contribution in [3.63, 3.8) is 0 Å². The van der Waals surface area contributed by atoms with Crippen molar-refractivity contribution in [1.82, 2.24) is 5.32 Å². The van der Waals surface area contributed by atoms with Crippen molar-refractivity contribution < 1.29 is 13.3 Å². The highest BCUT2D eigenvalue weighted by atomic mass is 28.4. The number of nitrogens with one attached hydrogen (secondary N) is 1. The molecule has 0 bridgehead atoms. The van der Waals surface area contributed by atoms with E-state index in [0.29, 0.717) is 26.4 Å². The van der Waals surface area contributed by atoms with Crippen molar-refractivity contribution in [2.75, 3.05) is 39.5 Å². The van der Waals surface area contributed by atoms with E-state index in [1.165, 1.54) is 0 Å². The molecule has 0 aromatic heterocycles. The van der Waals surface area contributed by atoms with Crippen LogP contribution in [0.1, 0.15) is 26.7 Å². The second-order valence-corrected chi connectivity index (χ2v) is 7.44. The Morgan fingerprint density at radius 2 is 1.64 bits per heavy atom. The van der Waals surface area contributed by atoms with Crippen LogP contribution in [0.15, 0.2) is 30.3 Å². The molecule has 126 valence electrons. The number of benzene rings is 1. The average molecular weight is 327 g/mol. The van der Waals surface area contributed by atoms with Gasteiger partial charge in [-0.1, -0.05) is 30.3 Å². The molecule has 0 aliphatic carbocycles. The molecule has 0 saturated heterocycles. The van der Waals surface area contributed by atoms with Gasteiger partial charge in [0, 0.05) is 38.1 Å². The fourth-order valence-electron chi connectivity index (χ4n) is 2.18. The monoisotopic (exact) mass is 326 g/mol. The minimum absolute atomic E-state index is 0.583. The maximum absolute atomic E-state index is 6.15. The van der Waals surface area contributed by atoms with E-state index in [1.54, 1.807) is 0 Å². The van der Waals surface area contributed by atoms with Crippen LogP contribution in [0.4, 0.5) is 0 Å². The summed E-state index contributed by atoms with van der Waals surface area (Å²) in [6.45, 7) is 8.26. The van der Waals surface area contributed by atoms with Gasteiger partial charge >= 0.3 is 8.80 Å². The first-order valence-electron chi connectivity index (χ1n) is 8.17. The van der Waals surface area contributed by atoms with Gasteiger partial charge in [0.1, 0.15) is 0 Å². The molecule has 0 fully saturated rings. The Hall–Kier alpha value is -0.763. The van der Waals surface area contributed by atoms with Gasteiger partial charge in [0.2, 0.25) is 0 Å². The van der Waals surface area contributed by atoms with E-state index in [9.17, 15) is 0 Å². The van der Waals surface area contributed by atoms with Crippen LogP contribution in [-0.4, -0.2) is 48.3 Å². The lowest BCUT2D eigenvalue weighted by molar-refractivity contribution is 0.0800. The first-order chi connectivity index (χ1) is 10.8. The molecule has 22 heavy (non-hydrogen) atoms.